The van der Waals surface area contributed by atoms with Gasteiger partial charge in [0.05, 0.1) is 5.52 Å². The minimum absolute atomic E-state index is 0.0942. The summed E-state index contributed by atoms with van der Waals surface area (Å²) in [6.45, 7) is 2.03. The molecule has 0 fully saturated rings. The third kappa shape index (κ3) is 2.28. The molecule has 3 aromatic heterocycles. The molecule has 0 spiro atoms. The second kappa shape index (κ2) is 5.94. The minimum atomic E-state index is -0.372. The highest BCUT2D eigenvalue weighted by atomic mass is 16.1. The fraction of sp³-hybridized carbons (Fsp3) is 0.263. The van der Waals surface area contributed by atoms with Crippen molar-refractivity contribution < 1.29 is 0 Å². The average molecular weight is 349 g/mol. The second-order valence-electron chi connectivity index (χ2n) is 6.37. The summed E-state index contributed by atoms with van der Waals surface area (Å²) in [7, 11) is 3.62. The standard InChI is InChI=1S/C19H19N5O2/c1-4-7-14-20-18-16(19(26)24(14)15-10-11-22(2)21-15)17(25)12-8-5-6-9-13(12)23(18)3/h5-6,8-11H,4,7H2,1-3H3. The maximum atomic E-state index is 13.3. The van der Waals surface area contributed by atoms with Crippen LogP contribution in [0.4, 0.5) is 0 Å². The summed E-state index contributed by atoms with van der Waals surface area (Å²) in [5, 5.41) is 4.94. The van der Waals surface area contributed by atoms with Gasteiger partial charge in [-0.25, -0.2) is 9.55 Å². The van der Waals surface area contributed by atoms with Crippen molar-refractivity contribution in [1.29, 1.82) is 0 Å². The Hall–Kier alpha value is -3.22. The lowest BCUT2D eigenvalue weighted by Gasteiger charge is -2.14. The number of aromatic nitrogens is 5. The van der Waals surface area contributed by atoms with Gasteiger partial charge in [-0.05, 0) is 18.6 Å². The van der Waals surface area contributed by atoms with Gasteiger partial charge in [0.15, 0.2) is 11.5 Å². The molecule has 3 heterocycles. The predicted octanol–water partition coefficient (Wildman–Crippen LogP) is 1.92. The summed E-state index contributed by atoms with van der Waals surface area (Å²) in [6, 6.07) is 9.02. The Kier molecular flexibility index (Phi) is 3.72. The summed E-state index contributed by atoms with van der Waals surface area (Å²) >= 11 is 0. The van der Waals surface area contributed by atoms with Crippen molar-refractivity contribution in [3.05, 3.63) is 62.9 Å². The topological polar surface area (TPSA) is 74.7 Å². The Balaban J connectivity index is 2.23. The Bertz CT molecular complexity index is 1260. The number of aryl methyl sites for hydroxylation is 3. The molecule has 7 nitrogen and oxygen atoms in total. The molecule has 26 heavy (non-hydrogen) atoms. The Morgan fingerprint density at radius 1 is 1.08 bits per heavy atom. The van der Waals surface area contributed by atoms with Gasteiger partial charge in [0.25, 0.3) is 5.56 Å². The van der Waals surface area contributed by atoms with E-state index in [2.05, 4.69) is 5.10 Å². The summed E-state index contributed by atoms with van der Waals surface area (Å²) in [6.07, 6.45) is 3.20. The molecule has 0 aliphatic carbocycles. The van der Waals surface area contributed by atoms with E-state index in [1.165, 1.54) is 4.57 Å². The van der Waals surface area contributed by atoms with Gasteiger partial charge in [0, 0.05) is 38.2 Å². The van der Waals surface area contributed by atoms with Crippen LogP contribution >= 0.6 is 0 Å². The van der Waals surface area contributed by atoms with E-state index in [1.54, 1.807) is 36.1 Å². The highest BCUT2D eigenvalue weighted by Gasteiger charge is 2.19. The molecule has 0 radical (unpaired) electrons. The van der Waals surface area contributed by atoms with E-state index in [9.17, 15) is 9.59 Å². The highest BCUT2D eigenvalue weighted by Crippen LogP contribution is 2.16. The number of hydrogen-bond acceptors (Lipinski definition) is 4. The molecule has 0 bridgehead atoms. The van der Waals surface area contributed by atoms with E-state index < -0.39 is 0 Å². The molecule has 0 atom stereocenters. The molecule has 0 aliphatic rings. The summed E-state index contributed by atoms with van der Waals surface area (Å²) in [4.78, 5) is 31.0. The maximum Gasteiger partial charge on any atom is 0.272 e. The molecule has 7 heteroatoms. The van der Waals surface area contributed by atoms with Crippen LogP contribution in [-0.2, 0) is 20.5 Å². The van der Waals surface area contributed by atoms with Crippen LogP contribution in [0.3, 0.4) is 0 Å². The lowest BCUT2D eigenvalue weighted by atomic mass is 10.1. The zero-order valence-corrected chi connectivity index (χ0v) is 14.9. The van der Waals surface area contributed by atoms with Crippen LogP contribution in [-0.4, -0.2) is 23.9 Å². The lowest BCUT2D eigenvalue weighted by Crippen LogP contribution is -2.30. The summed E-state index contributed by atoms with van der Waals surface area (Å²) < 4.78 is 4.90. The molecule has 0 aliphatic heterocycles. The third-order valence-corrected chi connectivity index (χ3v) is 4.59. The minimum Gasteiger partial charge on any atom is -0.328 e. The van der Waals surface area contributed by atoms with Gasteiger partial charge in [0.1, 0.15) is 11.2 Å². The van der Waals surface area contributed by atoms with Crippen LogP contribution in [0.2, 0.25) is 0 Å². The van der Waals surface area contributed by atoms with Crippen molar-refractivity contribution in [2.45, 2.75) is 19.8 Å². The van der Waals surface area contributed by atoms with Crippen LogP contribution in [0, 0.1) is 0 Å². The van der Waals surface area contributed by atoms with Gasteiger partial charge in [-0.3, -0.25) is 14.3 Å². The first-order chi connectivity index (χ1) is 12.5. The quantitative estimate of drug-likeness (QED) is 0.530. The molecule has 0 saturated carbocycles. The van der Waals surface area contributed by atoms with E-state index in [0.29, 0.717) is 29.1 Å². The predicted molar refractivity (Wildman–Crippen MR) is 101 cm³/mol. The third-order valence-electron chi connectivity index (χ3n) is 4.59. The number of hydrogen-bond donors (Lipinski definition) is 0. The van der Waals surface area contributed by atoms with Crippen molar-refractivity contribution in [3.63, 3.8) is 0 Å². The molecule has 0 amide bonds. The van der Waals surface area contributed by atoms with Crippen molar-refractivity contribution in [1.82, 2.24) is 23.9 Å². The second-order valence-corrected chi connectivity index (χ2v) is 6.37. The molecular formula is C19H19N5O2. The number of benzene rings is 1. The first kappa shape index (κ1) is 16.3. The lowest BCUT2D eigenvalue weighted by molar-refractivity contribution is 0.713. The fourth-order valence-corrected chi connectivity index (χ4v) is 3.35. The SMILES string of the molecule is CCCc1nc2c(c(=O)c3ccccc3n2C)c(=O)n1-c1ccn(C)n1. The molecule has 4 rings (SSSR count). The molecule has 0 unspecified atom stereocenters. The number of para-hydroxylation sites is 1. The Labute approximate surface area is 149 Å². The van der Waals surface area contributed by atoms with Crippen LogP contribution < -0.4 is 11.0 Å². The number of rotatable bonds is 3. The molecule has 0 N–H and O–H groups in total. The van der Waals surface area contributed by atoms with Gasteiger partial charge >= 0.3 is 0 Å². The fourth-order valence-electron chi connectivity index (χ4n) is 3.35. The van der Waals surface area contributed by atoms with Crippen LogP contribution in [0.5, 0.6) is 0 Å². The maximum absolute atomic E-state index is 13.3. The van der Waals surface area contributed by atoms with Crippen molar-refractivity contribution in [3.8, 4) is 5.82 Å². The molecular weight excluding hydrogens is 330 g/mol. The van der Waals surface area contributed by atoms with E-state index in [1.807, 2.05) is 30.7 Å². The summed E-state index contributed by atoms with van der Waals surface area (Å²) in [5.41, 5.74) is 0.506. The highest BCUT2D eigenvalue weighted by molar-refractivity contribution is 5.91. The van der Waals surface area contributed by atoms with E-state index in [-0.39, 0.29) is 16.4 Å². The Morgan fingerprint density at radius 2 is 1.85 bits per heavy atom. The average Bonchev–Trinajstić information content (AvgIpc) is 3.05. The van der Waals surface area contributed by atoms with E-state index in [4.69, 9.17) is 4.98 Å². The van der Waals surface area contributed by atoms with Gasteiger partial charge in [-0.2, -0.15) is 5.10 Å². The zero-order valence-electron chi connectivity index (χ0n) is 14.9. The first-order valence-corrected chi connectivity index (χ1v) is 8.56. The van der Waals surface area contributed by atoms with Crippen LogP contribution in [0.25, 0.3) is 27.8 Å². The monoisotopic (exact) mass is 349 g/mol. The number of fused-ring (bicyclic) bond motifs is 2. The number of nitrogens with zero attached hydrogens (tertiary/aromatic N) is 5. The van der Waals surface area contributed by atoms with Crippen molar-refractivity contribution >= 4 is 21.9 Å². The van der Waals surface area contributed by atoms with Crippen LogP contribution in [0.15, 0.2) is 46.1 Å². The van der Waals surface area contributed by atoms with Crippen molar-refractivity contribution in [2.24, 2.45) is 14.1 Å². The van der Waals surface area contributed by atoms with E-state index in [0.717, 1.165) is 11.9 Å². The van der Waals surface area contributed by atoms with E-state index >= 15 is 0 Å². The molecule has 0 saturated heterocycles. The van der Waals surface area contributed by atoms with Gasteiger partial charge in [-0.1, -0.05) is 19.1 Å². The Morgan fingerprint density at radius 3 is 2.54 bits per heavy atom. The first-order valence-electron chi connectivity index (χ1n) is 8.56. The van der Waals surface area contributed by atoms with Gasteiger partial charge < -0.3 is 4.57 Å². The van der Waals surface area contributed by atoms with Gasteiger partial charge in [0.2, 0.25) is 5.43 Å². The molecule has 132 valence electrons. The smallest absolute Gasteiger partial charge is 0.272 e. The van der Waals surface area contributed by atoms with Gasteiger partial charge in [-0.15, -0.1) is 0 Å². The molecule has 1 aromatic carbocycles. The summed E-state index contributed by atoms with van der Waals surface area (Å²) in [5.74, 6) is 1.08. The number of pyridine rings is 1. The normalized spacial score (nSPS) is 11.5. The largest absolute Gasteiger partial charge is 0.328 e. The van der Waals surface area contributed by atoms with Crippen molar-refractivity contribution in [2.75, 3.05) is 0 Å². The zero-order chi connectivity index (χ0) is 18.4. The van der Waals surface area contributed by atoms with Crippen LogP contribution in [0.1, 0.15) is 19.2 Å². The molecule has 4 aromatic rings.